The predicted octanol–water partition coefficient (Wildman–Crippen LogP) is 6.78. The van der Waals surface area contributed by atoms with Crippen molar-refractivity contribution in [2.45, 2.75) is 33.6 Å². The lowest BCUT2D eigenvalue weighted by molar-refractivity contribution is 0.585. The normalized spacial score (nSPS) is 19.6. The molecule has 1 aromatic heterocycles. The van der Waals surface area contributed by atoms with Gasteiger partial charge < -0.3 is 5.32 Å². The zero-order valence-electron chi connectivity index (χ0n) is 17.3. The molecule has 1 fully saturated rings. The van der Waals surface area contributed by atoms with Gasteiger partial charge in [-0.2, -0.15) is 0 Å². The Hall–Kier alpha value is -2.65. The SMILES string of the molecule is C=C(Nc1ccc(C)c(-c2ccncn2)c1)C1C(c2cc(C)cc(Cl)c2)C1(C)C. The molecule has 1 saturated carbocycles. The van der Waals surface area contributed by atoms with Crippen LogP contribution in [0.15, 0.2) is 67.3 Å². The molecular formula is C25H26ClN3. The van der Waals surface area contributed by atoms with E-state index in [2.05, 4.69) is 79.9 Å². The van der Waals surface area contributed by atoms with E-state index in [9.17, 15) is 0 Å². The van der Waals surface area contributed by atoms with E-state index in [-0.39, 0.29) is 5.41 Å². The van der Waals surface area contributed by atoms with Crippen LogP contribution < -0.4 is 5.32 Å². The number of hydrogen-bond donors (Lipinski definition) is 1. The van der Waals surface area contributed by atoms with E-state index < -0.39 is 0 Å². The summed E-state index contributed by atoms with van der Waals surface area (Å²) >= 11 is 6.31. The zero-order valence-corrected chi connectivity index (χ0v) is 18.1. The number of rotatable bonds is 5. The van der Waals surface area contributed by atoms with E-state index in [1.165, 1.54) is 16.7 Å². The second-order valence-corrected chi connectivity index (χ2v) is 9.05. The summed E-state index contributed by atoms with van der Waals surface area (Å²) < 4.78 is 0. The average Bonchev–Trinajstić information content (AvgIpc) is 3.25. The fourth-order valence-electron chi connectivity index (χ4n) is 4.54. The third-order valence-corrected chi connectivity index (χ3v) is 6.24. The highest BCUT2D eigenvalue weighted by atomic mass is 35.5. The molecule has 4 rings (SSSR count). The van der Waals surface area contributed by atoms with Gasteiger partial charge in [0.15, 0.2) is 0 Å². The molecule has 0 saturated heterocycles. The summed E-state index contributed by atoms with van der Waals surface area (Å²) in [6.45, 7) is 13.2. The van der Waals surface area contributed by atoms with Gasteiger partial charge in [0.1, 0.15) is 6.33 Å². The minimum Gasteiger partial charge on any atom is -0.359 e. The first-order chi connectivity index (χ1) is 13.8. The van der Waals surface area contributed by atoms with Gasteiger partial charge in [0.25, 0.3) is 0 Å². The Morgan fingerprint density at radius 2 is 1.90 bits per heavy atom. The van der Waals surface area contributed by atoms with Gasteiger partial charge >= 0.3 is 0 Å². The molecule has 2 aromatic carbocycles. The van der Waals surface area contributed by atoms with E-state index >= 15 is 0 Å². The Balaban J connectivity index is 1.57. The molecule has 148 valence electrons. The van der Waals surface area contributed by atoms with Crippen LogP contribution in [0.25, 0.3) is 11.3 Å². The first kappa shape index (κ1) is 19.7. The first-order valence-electron chi connectivity index (χ1n) is 9.87. The van der Waals surface area contributed by atoms with Crippen LogP contribution in [0.4, 0.5) is 5.69 Å². The number of aryl methyl sites for hydroxylation is 2. The van der Waals surface area contributed by atoms with Crippen molar-refractivity contribution in [2.24, 2.45) is 11.3 Å². The zero-order chi connectivity index (χ0) is 20.8. The van der Waals surface area contributed by atoms with Gasteiger partial charge in [-0.1, -0.05) is 44.2 Å². The number of aromatic nitrogens is 2. The van der Waals surface area contributed by atoms with E-state index in [0.717, 1.165) is 27.7 Å². The largest absolute Gasteiger partial charge is 0.359 e. The molecule has 1 N–H and O–H groups in total. The van der Waals surface area contributed by atoms with Crippen molar-refractivity contribution >= 4 is 17.3 Å². The highest BCUT2D eigenvalue weighted by Crippen LogP contribution is 2.67. The van der Waals surface area contributed by atoms with Gasteiger partial charge in [-0.05, 0) is 72.2 Å². The monoisotopic (exact) mass is 403 g/mol. The molecule has 0 aliphatic heterocycles. The fraction of sp³-hybridized carbons (Fsp3) is 0.280. The van der Waals surface area contributed by atoms with E-state index in [4.69, 9.17) is 11.6 Å². The van der Waals surface area contributed by atoms with Crippen molar-refractivity contribution in [3.8, 4) is 11.3 Å². The number of nitrogens with zero attached hydrogens (tertiary/aromatic N) is 2. The summed E-state index contributed by atoms with van der Waals surface area (Å²) in [6, 6.07) is 14.6. The van der Waals surface area contributed by atoms with Gasteiger partial charge in [-0.15, -0.1) is 0 Å². The van der Waals surface area contributed by atoms with Crippen molar-refractivity contribution in [3.63, 3.8) is 0 Å². The summed E-state index contributed by atoms with van der Waals surface area (Å²) in [7, 11) is 0. The lowest BCUT2D eigenvalue weighted by atomic mass is 10.0. The van der Waals surface area contributed by atoms with E-state index in [1.807, 2.05) is 12.1 Å². The van der Waals surface area contributed by atoms with Crippen LogP contribution in [0, 0.1) is 25.2 Å². The summed E-state index contributed by atoms with van der Waals surface area (Å²) in [5, 5.41) is 4.35. The van der Waals surface area contributed by atoms with Gasteiger partial charge in [-0.3, -0.25) is 0 Å². The third kappa shape index (κ3) is 3.79. The molecule has 1 heterocycles. The molecule has 2 atom stereocenters. The summed E-state index contributed by atoms with van der Waals surface area (Å²) in [5.41, 5.74) is 7.89. The number of nitrogens with one attached hydrogen (secondary N) is 1. The second kappa shape index (κ2) is 7.31. The Kier molecular flexibility index (Phi) is 4.95. The maximum absolute atomic E-state index is 6.31. The molecule has 3 aromatic rings. The minimum atomic E-state index is 0.140. The van der Waals surface area contributed by atoms with Crippen LogP contribution in [0.5, 0.6) is 0 Å². The quantitative estimate of drug-likeness (QED) is 0.510. The average molecular weight is 404 g/mol. The van der Waals surface area contributed by atoms with E-state index in [1.54, 1.807) is 12.5 Å². The maximum Gasteiger partial charge on any atom is 0.116 e. The number of hydrogen-bond acceptors (Lipinski definition) is 3. The standard InChI is InChI=1S/C25H26ClN3/c1-15-10-18(12-19(26)11-15)24-23(25(24,4)5)17(3)29-20-7-6-16(2)21(13-20)22-8-9-27-14-28-22/h6-14,23-24,29H,3H2,1-2,4-5H3. The van der Waals surface area contributed by atoms with Crippen LogP contribution in [0.3, 0.4) is 0 Å². The number of anilines is 1. The smallest absolute Gasteiger partial charge is 0.116 e. The fourth-order valence-corrected chi connectivity index (χ4v) is 4.84. The molecule has 1 aliphatic carbocycles. The third-order valence-electron chi connectivity index (χ3n) is 6.03. The predicted molar refractivity (Wildman–Crippen MR) is 121 cm³/mol. The molecule has 0 spiro atoms. The van der Waals surface area contributed by atoms with Gasteiger partial charge in [0.2, 0.25) is 0 Å². The topological polar surface area (TPSA) is 37.8 Å². The maximum atomic E-state index is 6.31. The first-order valence-corrected chi connectivity index (χ1v) is 10.2. The van der Waals surface area contributed by atoms with E-state index in [0.29, 0.717) is 11.8 Å². The van der Waals surface area contributed by atoms with Crippen LogP contribution in [-0.2, 0) is 0 Å². The molecule has 0 amide bonds. The number of halogens is 1. The van der Waals surface area contributed by atoms with Crippen molar-refractivity contribution < 1.29 is 0 Å². The number of benzene rings is 2. The molecule has 0 bridgehead atoms. The van der Waals surface area contributed by atoms with Crippen molar-refractivity contribution in [1.29, 1.82) is 0 Å². The Bertz CT molecular complexity index is 1050. The lowest BCUT2D eigenvalue weighted by Gasteiger charge is -2.13. The van der Waals surface area contributed by atoms with Crippen LogP contribution >= 0.6 is 11.6 Å². The molecular weight excluding hydrogens is 378 g/mol. The molecule has 3 nitrogen and oxygen atoms in total. The Labute approximate surface area is 177 Å². The van der Waals surface area contributed by atoms with Crippen molar-refractivity contribution in [2.75, 3.05) is 5.32 Å². The summed E-state index contributed by atoms with van der Waals surface area (Å²) in [5.74, 6) is 0.760. The van der Waals surface area contributed by atoms with Gasteiger partial charge in [0, 0.05) is 34.1 Å². The van der Waals surface area contributed by atoms with Crippen molar-refractivity contribution in [3.05, 3.63) is 89.0 Å². The second-order valence-electron chi connectivity index (χ2n) is 8.61. The van der Waals surface area contributed by atoms with Gasteiger partial charge in [0.05, 0.1) is 5.69 Å². The Morgan fingerprint density at radius 3 is 2.59 bits per heavy atom. The van der Waals surface area contributed by atoms with Gasteiger partial charge in [-0.25, -0.2) is 9.97 Å². The molecule has 2 unspecified atom stereocenters. The highest BCUT2D eigenvalue weighted by Gasteiger charge is 2.59. The minimum absolute atomic E-state index is 0.140. The molecule has 0 radical (unpaired) electrons. The van der Waals surface area contributed by atoms with Crippen LogP contribution in [0.1, 0.15) is 36.5 Å². The number of allylic oxidation sites excluding steroid dienone is 1. The summed E-state index contributed by atoms with van der Waals surface area (Å²) in [4.78, 5) is 8.41. The Morgan fingerprint density at radius 1 is 1.10 bits per heavy atom. The highest BCUT2D eigenvalue weighted by molar-refractivity contribution is 6.30. The lowest BCUT2D eigenvalue weighted by Crippen LogP contribution is -2.04. The van der Waals surface area contributed by atoms with Crippen LogP contribution in [0.2, 0.25) is 5.02 Å². The van der Waals surface area contributed by atoms with Crippen LogP contribution in [-0.4, -0.2) is 9.97 Å². The molecule has 4 heteroatoms. The summed E-state index contributed by atoms with van der Waals surface area (Å²) in [6.07, 6.45) is 3.35. The molecule has 29 heavy (non-hydrogen) atoms. The molecule has 1 aliphatic rings. The van der Waals surface area contributed by atoms with Crippen molar-refractivity contribution in [1.82, 2.24) is 9.97 Å².